The van der Waals surface area contributed by atoms with Crippen molar-refractivity contribution in [1.29, 1.82) is 0 Å². The second kappa shape index (κ2) is 7.23. The maximum Gasteiger partial charge on any atom is 0.256 e. The van der Waals surface area contributed by atoms with Gasteiger partial charge in [-0.05, 0) is 41.9 Å². The molecular formula is C13H18BrN3O2. The number of aromatic nitrogens is 1. The van der Waals surface area contributed by atoms with Crippen molar-refractivity contribution in [2.75, 3.05) is 26.7 Å². The van der Waals surface area contributed by atoms with Gasteiger partial charge in [0.15, 0.2) is 0 Å². The molecule has 2 amide bonds. The lowest BCUT2D eigenvalue weighted by atomic mass is 10.2. The van der Waals surface area contributed by atoms with Crippen LogP contribution >= 0.6 is 15.9 Å². The number of halogens is 1. The largest absolute Gasteiger partial charge is 0.342 e. The summed E-state index contributed by atoms with van der Waals surface area (Å²) in [5.74, 6) is -0.277. The molecule has 104 valence electrons. The molecule has 0 spiro atoms. The van der Waals surface area contributed by atoms with E-state index in [4.69, 9.17) is 0 Å². The Morgan fingerprint density at radius 1 is 1.32 bits per heavy atom. The van der Waals surface area contributed by atoms with E-state index >= 15 is 0 Å². The normalized spacial score (nSPS) is 10.1. The van der Waals surface area contributed by atoms with Crippen molar-refractivity contribution in [1.82, 2.24) is 14.8 Å². The highest BCUT2D eigenvalue weighted by molar-refractivity contribution is 9.10. The lowest BCUT2D eigenvalue weighted by Gasteiger charge is -2.23. The summed E-state index contributed by atoms with van der Waals surface area (Å²) in [5, 5.41) is 0. The highest BCUT2D eigenvalue weighted by atomic mass is 79.9. The second-order valence-corrected chi connectivity index (χ2v) is 4.82. The van der Waals surface area contributed by atoms with Crippen LogP contribution in [0.4, 0.5) is 0 Å². The first kappa shape index (κ1) is 15.6. The number of hydrogen-bond donors (Lipinski definition) is 0. The van der Waals surface area contributed by atoms with Crippen LogP contribution in [0, 0.1) is 0 Å². The van der Waals surface area contributed by atoms with E-state index in [9.17, 15) is 9.59 Å². The summed E-state index contributed by atoms with van der Waals surface area (Å²) < 4.78 is 0.488. The van der Waals surface area contributed by atoms with E-state index in [2.05, 4.69) is 20.9 Å². The van der Waals surface area contributed by atoms with Crippen LogP contribution in [0.25, 0.3) is 0 Å². The molecule has 1 aromatic heterocycles. The Hall–Kier alpha value is -1.43. The maximum absolute atomic E-state index is 12.2. The van der Waals surface area contributed by atoms with Crippen LogP contribution in [-0.2, 0) is 4.79 Å². The van der Waals surface area contributed by atoms with Crippen molar-refractivity contribution in [2.24, 2.45) is 0 Å². The number of hydrogen-bond acceptors (Lipinski definition) is 3. The van der Waals surface area contributed by atoms with Gasteiger partial charge in [0.25, 0.3) is 5.91 Å². The van der Waals surface area contributed by atoms with Gasteiger partial charge in [0.05, 0.1) is 12.1 Å². The Morgan fingerprint density at radius 2 is 1.95 bits per heavy atom. The van der Waals surface area contributed by atoms with Crippen LogP contribution < -0.4 is 0 Å². The van der Waals surface area contributed by atoms with Gasteiger partial charge in [-0.1, -0.05) is 0 Å². The summed E-state index contributed by atoms with van der Waals surface area (Å²) in [6.07, 6.45) is 1.60. The Kier molecular flexibility index (Phi) is 5.95. The van der Waals surface area contributed by atoms with Gasteiger partial charge in [-0.15, -0.1) is 0 Å². The molecule has 0 aromatic carbocycles. The van der Waals surface area contributed by atoms with E-state index in [-0.39, 0.29) is 18.4 Å². The predicted molar refractivity (Wildman–Crippen MR) is 76.8 cm³/mol. The minimum atomic E-state index is -0.222. The van der Waals surface area contributed by atoms with Crippen LogP contribution in [0.3, 0.4) is 0 Å². The lowest BCUT2D eigenvalue weighted by molar-refractivity contribution is -0.131. The van der Waals surface area contributed by atoms with Gasteiger partial charge in [0.2, 0.25) is 5.91 Å². The summed E-state index contributed by atoms with van der Waals surface area (Å²) in [6, 6.07) is 3.37. The third kappa shape index (κ3) is 4.02. The molecule has 19 heavy (non-hydrogen) atoms. The molecule has 0 atom stereocenters. The first-order chi connectivity index (χ1) is 9.01. The van der Waals surface area contributed by atoms with Gasteiger partial charge in [-0.25, -0.2) is 4.98 Å². The monoisotopic (exact) mass is 327 g/mol. The SMILES string of the molecule is CCN(CC)C(=O)CN(C)C(=O)c1cccnc1Br. The third-order valence-corrected chi connectivity index (χ3v) is 3.46. The molecule has 5 nitrogen and oxygen atoms in total. The lowest BCUT2D eigenvalue weighted by Crippen LogP contribution is -2.41. The van der Waals surface area contributed by atoms with Crippen molar-refractivity contribution in [3.8, 4) is 0 Å². The van der Waals surface area contributed by atoms with Gasteiger partial charge in [-0.2, -0.15) is 0 Å². The predicted octanol–water partition coefficient (Wildman–Crippen LogP) is 1.78. The number of likely N-dealkylation sites (N-methyl/N-ethyl adjacent to an activating group) is 2. The molecule has 0 aliphatic carbocycles. The maximum atomic E-state index is 12.2. The zero-order chi connectivity index (χ0) is 14.4. The first-order valence-electron chi connectivity index (χ1n) is 6.15. The van der Waals surface area contributed by atoms with Crippen molar-refractivity contribution >= 4 is 27.7 Å². The molecular weight excluding hydrogens is 310 g/mol. The molecule has 0 aliphatic heterocycles. The minimum absolute atomic E-state index is 0.0548. The van der Waals surface area contributed by atoms with Gasteiger partial charge >= 0.3 is 0 Å². The Balaban J connectivity index is 2.74. The first-order valence-corrected chi connectivity index (χ1v) is 6.94. The van der Waals surface area contributed by atoms with Crippen molar-refractivity contribution in [2.45, 2.75) is 13.8 Å². The van der Waals surface area contributed by atoms with E-state index in [1.807, 2.05) is 13.8 Å². The summed E-state index contributed by atoms with van der Waals surface area (Å²) in [7, 11) is 1.61. The number of pyridine rings is 1. The molecule has 1 rings (SSSR count). The third-order valence-electron chi connectivity index (χ3n) is 2.82. The van der Waals surface area contributed by atoms with E-state index in [1.54, 1.807) is 30.3 Å². The Bertz CT molecular complexity index is 461. The number of carbonyl (C=O) groups excluding carboxylic acids is 2. The number of amides is 2. The molecule has 0 saturated heterocycles. The van der Waals surface area contributed by atoms with Crippen molar-refractivity contribution in [3.63, 3.8) is 0 Å². The van der Waals surface area contributed by atoms with E-state index < -0.39 is 0 Å². The van der Waals surface area contributed by atoms with Crippen LogP contribution in [0.2, 0.25) is 0 Å². The fourth-order valence-corrected chi connectivity index (χ4v) is 2.12. The highest BCUT2D eigenvalue weighted by Gasteiger charge is 2.19. The smallest absolute Gasteiger partial charge is 0.256 e. The number of carbonyl (C=O) groups is 2. The van der Waals surface area contributed by atoms with Gasteiger partial charge < -0.3 is 9.80 Å². The Labute approximate surface area is 121 Å². The van der Waals surface area contributed by atoms with Gasteiger partial charge in [0, 0.05) is 26.3 Å². The average molecular weight is 328 g/mol. The summed E-state index contributed by atoms with van der Waals surface area (Å²) in [5.41, 5.74) is 0.456. The average Bonchev–Trinajstić information content (AvgIpc) is 2.39. The topological polar surface area (TPSA) is 53.5 Å². The van der Waals surface area contributed by atoms with E-state index in [1.165, 1.54) is 4.90 Å². The molecule has 0 fully saturated rings. The van der Waals surface area contributed by atoms with Crippen LogP contribution in [-0.4, -0.2) is 53.3 Å². The molecule has 6 heteroatoms. The molecule has 1 heterocycles. The van der Waals surface area contributed by atoms with Gasteiger partial charge in [0.1, 0.15) is 4.60 Å². The zero-order valence-corrected chi connectivity index (χ0v) is 13.0. The zero-order valence-electron chi connectivity index (χ0n) is 11.4. The molecule has 1 aromatic rings. The number of nitrogens with zero attached hydrogens (tertiary/aromatic N) is 3. The van der Waals surface area contributed by atoms with Gasteiger partial charge in [-0.3, -0.25) is 9.59 Å². The van der Waals surface area contributed by atoms with Crippen molar-refractivity contribution in [3.05, 3.63) is 28.5 Å². The summed E-state index contributed by atoms with van der Waals surface area (Å²) >= 11 is 3.23. The molecule has 0 radical (unpaired) electrons. The molecule has 0 N–H and O–H groups in total. The Morgan fingerprint density at radius 3 is 2.47 bits per heavy atom. The molecule has 0 bridgehead atoms. The molecule has 0 saturated carbocycles. The van der Waals surface area contributed by atoms with Crippen LogP contribution in [0.15, 0.2) is 22.9 Å². The summed E-state index contributed by atoms with van der Waals surface area (Å²) in [4.78, 5) is 31.2. The minimum Gasteiger partial charge on any atom is -0.342 e. The van der Waals surface area contributed by atoms with E-state index in [0.717, 1.165) is 0 Å². The fourth-order valence-electron chi connectivity index (χ4n) is 1.70. The number of rotatable bonds is 5. The van der Waals surface area contributed by atoms with Crippen molar-refractivity contribution < 1.29 is 9.59 Å². The second-order valence-electron chi connectivity index (χ2n) is 4.07. The quantitative estimate of drug-likeness (QED) is 0.775. The highest BCUT2D eigenvalue weighted by Crippen LogP contribution is 2.14. The van der Waals surface area contributed by atoms with Crippen LogP contribution in [0.5, 0.6) is 0 Å². The fraction of sp³-hybridized carbons (Fsp3) is 0.462. The molecule has 0 unspecified atom stereocenters. The van der Waals surface area contributed by atoms with E-state index in [0.29, 0.717) is 23.3 Å². The molecule has 0 aliphatic rings. The summed E-state index contributed by atoms with van der Waals surface area (Å²) in [6.45, 7) is 5.20. The van der Waals surface area contributed by atoms with Crippen LogP contribution in [0.1, 0.15) is 24.2 Å². The standard InChI is InChI=1S/C13H18BrN3O2/c1-4-17(5-2)11(18)9-16(3)13(19)10-7-6-8-15-12(10)14/h6-8H,4-5,9H2,1-3H3.